The molecular formula is C11H18O3S. The Hall–Kier alpha value is -0.900. The number of carbonyl (C=O) groups is 2. The predicted octanol–water partition coefficient (Wildman–Crippen LogP) is 2.13. The molecule has 0 fully saturated rings. The van der Waals surface area contributed by atoms with E-state index in [4.69, 9.17) is 4.74 Å². The summed E-state index contributed by atoms with van der Waals surface area (Å²) in [5.41, 5.74) is 0.732. The van der Waals surface area contributed by atoms with Gasteiger partial charge in [0.2, 0.25) is 0 Å². The summed E-state index contributed by atoms with van der Waals surface area (Å²) >= 11 is 0. The van der Waals surface area contributed by atoms with E-state index in [0.717, 1.165) is 16.2 Å². The van der Waals surface area contributed by atoms with Crippen molar-refractivity contribution in [2.45, 2.75) is 27.7 Å². The molecule has 1 atom stereocenters. The molecule has 0 aromatic carbocycles. The molecule has 0 spiro atoms. The highest BCUT2D eigenvalue weighted by Crippen LogP contribution is 2.32. The van der Waals surface area contributed by atoms with E-state index in [-0.39, 0.29) is 36.3 Å². The van der Waals surface area contributed by atoms with Crippen LogP contribution in [0.2, 0.25) is 0 Å². The molecular weight excluding hydrogens is 212 g/mol. The third-order valence-electron chi connectivity index (χ3n) is 2.17. The van der Waals surface area contributed by atoms with E-state index >= 15 is 0 Å². The summed E-state index contributed by atoms with van der Waals surface area (Å²) in [5, 5.41) is 0. The minimum Gasteiger partial charge on any atom is -0.460 e. The summed E-state index contributed by atoms with van der Waals surface area (Å²) in [6.45, 7) is 3.37. The lowest BCUT2D eigenvalue weighted by molar-refractivity contribution is -0.139. The van der Waals surface area contributed by atoms with Crippen molar-refractivity contribution in [3.05, 3.63) is 10.5 Å². The highest BCUT2D eigenvalue weighted by molar-refractivity contribution is 8.17. The van der Waals surface area contributed by atoms with Crippen molar-refractivity contribution < 1.29 is 14.3 Å². The molecule has 0 aliphatic carbocycles. The van der Waals surface area contributed by atoms with Crippen molar-refractivity contribution in [1.29, 1.82) is 0 Å². The van der Waals surface area contributed by atoms with E-state index in [1.165, 1.54) is 6.92 Å². The highest BCUT2D eigenvalue weighted by Gasteiger charge is 2.19. The molecule has 1 rings (SSSR count). The lowest BCUT2D eigenvalue weighted by atomic mass is 10.1. The fourth-order valence-electron chi connectivity index (χ4n) is 1.26. The summed E-state index contributed by atoms with van der Waals surface area (Å²) in [6.07, 6.45) is 0.571. The van der Waals surface area contributed by atoms with E-state index in [1.807, 2.05) is 0 Å². The largest absolute Gasteiger partial charge is 0.460 e. The molecule has 0 saturated carbocycles. The van der Waals surface area contributed by atoms with Crippen LogP contribution < -0.4 is 0 Å². The van der Waals surface area contributed by atoms with Crippen molar-refractivity contribution >= 4 is 28.1 Å². The van der Waals surface area contributed by atoms with Gasteiger partial charge in [-0.2, -0.15) is 10.5 Å². The number of esters is 1. The van der Waals surface area contributed by atoms with Crippen LogP contribution in [0, 0.1) is 0 Å². The van der Waals surface area contributed by atoms with E-state index in [0.29, 0.717) is 6.42 Å². The van der Waals surface area contributed by atoms with Crippen molar-refractivity contribution in [1.82, 2.24) is 0 Å². The molecule has 0 amide bonds. The number of hydrogen-bond acceptors (Lipinski definition) is 3. The highest BCUT2D eigenvalue weighted by atomic mass is 32.2. The van der Waals surface area contributed by atoms with Crippen molar-refractivity contribution in [3.8, 4) is 0 Å². The van der Waals surface area contributed by atoms with E-state index in [1.54, 1.807) is 6.92 Å². The van der Waals surface area contributed by atoms with Gasteiger partial charge in [-0.05, 0) is 12.7 Å². The van der Waals surface area contributed by atoms with Crippen molar-refractivity contribution in [2.24, 2.45) is 0 Å². The molecule has 0 aromatic heterocycles. The van der Waals surface area contributed by atoms with Gasteiger partial charge in [0.25, 0.3) is 0 Å². The molecule has 86 valence electrons. The summed E-state index contributed by atoms with van der Waals surface area (Å²) in [7, 11) is -0.164. The summed E-state index contributed by atoms with van der Waals surface area (Å²) in [5.74, 6) is 4.59. The van der Waals surface area contributed by atoms with Crippen LogP contribution in [0.5, 0.6) is 0 Å². The fourth-order valence-corrected chi connectivity index (χ4v) is 2.71. The molecule has 1 aliphatic heterocycles. The first-order valence-electron chi connectivity index (χ1n) is 4.39. The van der Waals surface area contributed by atoms with E-state index < -0.39 is 0 Å². The minimum absolute atomic E-state index is 0. The molecule has 0 radical (unpaired) electrons. The second kappa shape index (κ2) is 5.85. The maximum Gasteiger partial charge on any atom is 0.302 e. The van der Waals surface area contributed by atoms with Crippen molar-refractivity contribution in [2.75, 3.05) is 12.4 Å². The molecule has 1 heterocycles. The maximum absolute atomic E-state index is 11.4. The van der Waals surface area contributed by atoms with Crippen LogP contribution >= 0.6 is 10.5 Å². The standard InChI is InChI=1S/C10H14O3S.CH4/c1-7-9(12)4-5-14(3)10(7)6-13-8(2)11;/h3-6H2,1-2H3;1H4. The number of carbonyl (C=O) groups excluding carboxylic acids is 2. The van der Waals surface area contributed by atoms with Gasteiger partial charge in [-0.3, -0.25) is 9.59 Å². The lowest BCUT2D eigenvalue weighted by Gasteiger charge is -2.19. The van der Waals surface area contributed by atoms with Crippen LogP contribution in [0.25, 0.3) is 0 Å². The van der Waals surface area contributed by atoms with Gasteiger partial charge in [0.15, 0.2) is 5.78 Å². The maximum atomic E-state index is 11.4. The van der Waals surface area contributed by atoms with Gasteiger partial charge in [-0.25, -0.2) is 0 Å². The zero-order valence-electron chi connectivity index (χ0n) is 8.46. The van der Waals surface area contributed by atoms with Gasteiger partial charge in [0, 0.05) is 23.8 Å². The number of ketones is 1. The number of rotatable bonds is 2. The van der Waals surface area contributed by atoms with Crippen LogP contribution in [-0.4, -0.2) is 30.0 Å². The molecule has 4 heteroatoms. The summed E-state index contributed by atoms with van der Waals surface area (Å²) < 4.78 is 4.89. The van der Waals surface area contributed by atoms with Gasteiger partial charge in [0.1, 0.15) is 6.61 Å². The third-order valence-corrected chi connectivity index (χ3v) is 3.98. The average Bonchev–Trinajstić information content (AvgIpc) is 2.11. The molecule has 1 unspecified atom stereocenters. The molecule has 1 aliphatic rings. The van der Waals surface area contributed by atoms with Gasteiger partial charge in [-0.1, -0.05) is 13.3 Å². The first-order valence-corrected chi connectivity index (χ1v) is 5.95. The Kier molecular flexibility index (Phi) is 5.50. The molecule has 0 N–H and O–H groups in total. The van der Waals surface area contributed by atoms with Crippen LogP contribution in [0.15, 0.2) is 10.5 Å². The van der Waals surface area contributed by atoms with Crippen LogP contribution in [-0.2, 0) is 14.3 Å². The molecule has 0 bridgehead atoms. The molecule has 0 aromatic rings. The second-order valence-corrected chi connectivity index (χ2v) is 5.09. The van der Waals surface area contributed by atoms with E-state index in [2.05, 4.69) is 5.87 Å². The van der Waals surface area contributed by atoms with Crippen LogP contribution in [0.1, 0.15) is 27.7 Å². The van der Waals surface area contributed by atoms with Gasteiger partial charge in [0.05, 0.1) is 0 Å². The number of allylic oxidation sites excluding steroid dienone is 1. The lowest BCUT2D eigenvalue weighted by Crippen LogP contribution is -2.14. The second-order valence-electron chi connectivity index (χ2n) is 3.20. The van der Waals surface area contributed by atoms with Crippen LogP contribution in [0.3, 0.4) is 0 Å². The van der Waals surface area contributed by atoms with Crippen LogP contribution in [0.4, 0.5) is 0 Å². The third kappa shape index (κ3) is 3.63. The molecule has 3 nitrogen and oxygen atoms in total. The fraction of sp³-hybridized carbons (Fsp3) is 0.545. The molecule has 15 heavy (non-hydrogen) atoms. The zero-order chi connectivity index (χ0) is 10.7. The molecule has 0 saturated heterocycles. The Morgan fingerprint density at radius 3 is 2.73 bits per heavy atom. The first kappa shape index (κ1) is 14.1. The van der Waals surface area contributed by atoms with Gasteiger partial charge >= 0.3 is 5.97 Å². The Bertz CT molecular complexity index is 329. The summed E-state index contributed by atoms with van der Waals surface area (Å²) in [6, 6.07) is 0. The van der Waals surface area contributed by atoms with Gasteiger partial charge in [-0.15, -0.1) is 0 Å². The Morgan fingerprint density at radius 2 is 2.20 bits per heavy atom. The minimum atomic E-state index is -0.319. The smallest absolute Gasteiger partial charge is 0.302 e. The quantitative estimate of drug-likeness (QED) is 0.539. The Balaban J connectivity index is 0.00000196. The average molecular weight is 230 g/mol. The number of ether oxygens (including phenoxy) is 1. The van der Waals surface area contributed by atoms with Gasteiger partial charge < -0.3 is 4.74 Å². The summed E-state index contributed by atoms with van der Waals surface area (Å²) in [4.78, 5) is 22.9. The number of hydrogen-bond donors (Lipinski definition) is 0. The monoisotopic (exact) mass is 230 g/mol. The Labute approximate surface area is 93.4 Å². The topological polar surface area (TPSA) is 43.4 Å². The van der Waals surface area contributed by atoms with E-state index in [9.17, 15) is 9.59 Å². The normalized spacial score (nSPS) is 20.9. The SMILES string of the molecule is C.C=S1CCC(=O)C(C)=C1COC(C)=O. The first-order chi connectivity index (χ1) is 6.52. The predicted molar refractivity (Wildman–Crippen MR) is 65.3 cm³/mol. The zero-order valence-corrected chi connectivity index (χ0v) is 9.28. The van der Waals surface area contributed by atoms with Crippen molar-refractivity contribution in [3.63, 3.8) is 0 Å². The Morgan fingerprint density at radius 1 is 1.60 bits per heavy atom. The number of Topliss-reactive ketones (excluding diaryl/α,β-unsaturated/α-hetero) is 1.